The summed E-state index contributed by atoms with van der Waals surface area (Å²) in [5, 5.41) is 17.5. The summed E-state index contributed by atoms with van der Waals surface area (Å²) < 4.78 is 0. The van der Waals surface area contributed by atoms with Gasteiger partial charge in [-0.25, -0.2) is 14.8 Å². The number of carboxylic acids is 1. The molecule has 0 aromatic carbocycles. The summed E-state index contributed by atoms with van der Waals surface area (Å²) in [7, 11) is 0. The number of carbonyl (C=O) groups is 1. The molecule has 2 fully saturated rings. The second-order valence-corrected chi connectivity index (χ2v) is 8.88. The number of aromatic nitrogens is 2. The van der Waals surface area contributed by atoms with E-state index in [9.17, 15) is 4.79 Å². The van der Waals surface area contributed by atoms with Crippen molar-refractivity contribution in [2.45, 2.75) is 26.7 Å². The van der Waals surface area contributed by atoms with Crippen LogP contribution >= 0.6 is 0 Å². The minimum absolute atomic E-state index is 0.239. The largest absolute Gasteiger partial charge is 0.478 e. The maximum atomic E-state index is 10.7. The number of hydrogen-bond acceptors (Lipinski definition) is 8. The van der Waals surface area contributed by atoms with E-state index in [0.29, 0.717) is 5.56 Å². The van der Waals surface area contributed by atoms with Crippen LogP contribution in [0.5, 0.6) is 0 Å². The first-order valence-corrected chi connectivity index (χ1v) is 12.5. The monoisotopic (exact) mass is 479 g/mol. The van der Waals surface area contributed by atoms with Crippen LogP contribution in [-0.2, 0) is 0 Å². The lowest BCUT2D eigenvalue weighted by atomic mass is 10.2. The van der Waals surface area contributed by atoms with E-state index in [0.717, 1.165) is 70.5 Å². The molecule has 9 heteroatoms. The molecule has 0 bridgehead atoms. The molecule has 9 nitrogen and oxygen atoms in total. The Labute approximate surface area is 208 Å². The maximum Gasteiger partial charge on any atom is 0.337 e. The molecule has 0 unspecified atom stereocenters. The van der Waals surface area contributed by atoms with E-state index in [1.807, 2.05) is 12.1 Å². The molecule has 0 spiro atoms. The Balaban J connectivity index is 0.000000196. The molecule has 0 aliphatic carbocycles. The Morgan fingerprint density at radius 1 is 0.829 bits per heavy atom. The Morgan fingerprint density at radius 2 is 1.31 bits per heavy atom. The topological polar surface area (TPSA) is 99.8 Å². The SMILES string of the molecule is CCCN1CCN(c2ccc(C#N)cn2)CC1.CCCN1CCN(c2ccc(C(=O)O)cn2)CC1. The van der Waals surface area contributed by atoms with Gasteiger partial charge in [0, 0.05) is 64.8 Å². The Hall–Kier alpha value is -3.22. The zero-order chi connectivity index (χ0) is 25.0. The van der Waals surface area contributed by atoms with Gasteiger partial charge in [-0.1, -0.05) is 13.8 Å². The third kappa shape index (κ3) is 7.91. The van der Waals surface area contributed by atoms with Crippen LogP contribution in [0.2, 0.25) is 0 Å². The molecule has 2 aliphatic rings. The van der Waals surface area contributed by atoms with E-state index in [1.54, 1.807) is 18.3 Å². The fraction of sp³-hybridized carbons (Fsp3) is 0.538. The fourth-order valence-electron chi connectivity index (χ4n) is 4.37. The molecule has 1 N–H and O–H groups in total. The van der Waals surface area contributed by atoms with E-state index in [1.165, 1.54) is 25.6 Å². The number of nitrogens with zero attached hydrogens (tertiary/aromatic N) is 7. The predicted octanol–water partition coefficient (Wildman–Crippen LogP) is 2.80. The number of hydrogen-bond donors (Lipinski definition) is 1. The van der Waals surface area contributed by atoms with Crippen LogP contribution in [-0.4, -0.2) is 96.3 Å². The molecule has 2 aromatic heterocycles. The minimum atomic E-state index is -0.929. The Bertz CT molecular complexity index is 943. The smallest absolute Gasteiger partial charge is 0.337 e. The van der Waals surface area contributed by atoms with Crippen molar-refractivity contribution in [2.75, 3.05) is 75.2 Å². The number of carboxylic acid groups (broad SMARTS) is 1. The molecule has 188 valence electrons. The van der Waals surface area contributed by atoms with E-state index in [-0.39, 0.29) is 5.56 Å². The first-order chi connectivity index (χ1) is 17.0. The summed E-state index contributed by atoms with van der Waals surface area (Å²) in [6, 6.07) is 9.27. The molecule has 0 saturated carbocycles. The summed E-state index contributed by atoms with van der Waals surface area (Å²) >= 11 is 0. The molecular weight excluding hydrogens is 442 g/mol. The van der Waals surface area contributed by atoms with Gasteiger partial charge in [0.2, 0.25) is 0 Å². The van der Waals surface area contributed by atoms with Crippen LogP contribution in [0.25, 0.3) is 0 Å². The van der Waals surface area contributed by atoms with E-state index >= 15 is 0 Å². The fourth-order valence-corrected chi connectivity index (χ4v) is 4.37. The standard InChI is InChI=1S/C13H18N4.C13H19N3O2/c1-2-5-16-6-8-17(9-7-16)13-4-3-12(10-14)11-15-13;1-2-5-15-6-8-16(9-7-15)12-4-3-11(10-14-12)13(17)18/h3-4,11H,2,5-9H2,1H3;3-4,10H,2,5-9H2,1H3,(H,17,18). The van der Waals surface area contributed by atoms with Gasteiger partial charge in [0.05, 0.1) is 11.1 Å². The van der Waals surface area contributed by atoms with Crippen molar-refractivity contribution in [3.05, 3.63) is 47.8 Å². The van der Waals surface area contributed by atoms with Crippen molar-refractivity contribution in [1.82, 2.24) is 19.8 Å². The maximum absolute atomic E-state index is 10.7. The second kappa shape index (κ2) is 13.6. The van der Waals surface area contributed by atoms with Crippen molar-refractivity contribution < 1.29 is 9.90 Å². The highest BCUT2D eigenvalue weighted by molar-refractivity contribution is 5.87. The number of anilines is 2. The number of nitriles is 1. The summed E-state index contributed by atoms with van der Waals surface area (Å²) in [4.78, 5) is 28.7. The van der Waals surface area contributed by atoms with E-state index in [2.05, 4.69) is 49.5 Å². The van der Waals surface area contributed by atoms with Crippen molar-refractivity contribution in [2.24, 2.45) is 0 Å². The van der Waals surface area contributed by atoms with E-state index < -0.39 is 5.97 Å². The summed E-state index contributed by atoms with van der Waals surface area (Å²) in [5.74, 6) is 0.929. The summed E-state index contributed by atoms with van der Waals surface area (Å²) in [5.41, 5.74) is 0.863. The van der Waals surface area contributed by atoms with Crippen LogP contribution in [0.15, 0.2) is 36.7 Å². The average Bonchev–Trinajstić information content (AvgIpc) is 2.90. The predicted molar refractivity (Wildman–Crippen MR) is 138 cm³/mol. The van der Waals surface area contributed by atoms with Gasteiger partial charge in [-0.2, -0.15) is 5.26 Å². The lowest BCUT2D eigenvalue weighted by Gasteiger charge is -2.35. The van der Waals surface area contributed by atoms with Crippen LogP contribution in [0.4, 0.5) is 11.6 Å². The van der Waals surface area contributed by atoms with Crippen molar-refractivity contribution in [1.29, 1.82) is 5.26 Å². The molecular formula is C26H37N7O2. The van der Waals surface area contributed by atoms with E-state index in [4.69, 9.17) is 10.4 Å². The minimum Gasteiger partial charge on any atom is -0.478 e. The lowest BCUT2D eigenvalue weighted by molar-refractivity contribution is 0.0696. The highest BCUT2D eigenvalue weighted by atomic mass is 16.4. The zero-order valence-corrected chi connectivity index (χ0v) is 20.9. The van der Waals surface area contributed by atoms with Gasteiger partial charge in [-0.15, -0.1) is 0 Å². The Morgan fingerprint density at radius 3 is 1.66 bits per heavy atom. The molecule has 2 aromatic rings. The summed E-state index contributed by atoms with van der Waals surface area (Å²) in [6.45, 7) is 15.0. The first kappa shape index (κ1) is 26.4. The van der Waals surface area contributed by atoms with Gasteiger partial charge >= 0.3 is 5.97 Å². The quantitative estimate of drug-likeness (QED) is 0.642. The Kier molecular flexibility index (Phi) is 10.3. The van der Waals surface area contributed by atoms with Gasteiger partial charge in [-0.3, -0.25) is 9.80 Å². The molecule has 4 rings (SSSR count). The highest BCUT2D eigenvalue weighted by Gasteiger charge is 2.18. The van der Waals surface area contributed by atoms with Crippen molar-refractivity contribution in [3.8, 4) is 6.07 Å². The normalized spacial score (nSPS) is 16.8. The zero-order valence-electron chi connectivity index (χ0n) is 20.9. The van der Waals surface area contributed by atoms with Crippen molar-refractivity contribution in [3.63, 3.8) is 0 Å². The number of pyridine rings is 2. The third-order valence-electron chi connectivity index (χ3n) is 6.34. The third-order valence-corrected chi connectivity index (χ3v) is 6.34. The first-order valence-electron chi connectivity index (χ1n) is 12.5. The van der Waals surface area contributed by atoms with Gasteiger partial charge in [-0.05, 0) is 50.2 Å². The van der Waals surface area contributed by atoms with Crippen LogP contribution in [0.1, 0.15) is 42.6 Å². The molecule has 2 aliphatic heterocycles. The molecule has 0 amide bonds. The van der Waals surface area contributed by atoms with Gasteiger partial charge < -0.3 is 14.9 Å². The average molecular weight is 480 g/mol. The highest BCUT2D eigenvalue weighted by Crippen LogP contribution is 2.15. The van der Waals surface area contributed by atoms with Gasteiger partial charge in [0.25, 0.3) is 0 Å². The molecule has 0 radical (unpaired) electrons. The lowest BCUT2D eigenvalue weighted by Crippen LogP contribution is -2.46. The second-order valence-electron chi connectivity index (χ2n) is 8.88. The van der Waals surface area contributed by atoms with Gasteiger partial charge in [0.15, 0.2) is 0 Å². The van der Waals surface area contributed by atoms with Crippen molar-refractivity contribution >= 4 is 17.6 Å². The molecule has 0 atom stereocenters. The van der Waals surface area contributed by atoms with Gasteiger partial charge in [0.1, 0.15) is 17.7 Å². The number of rotatable bonds is 7. The molecule has 35 heavy (non-hydrogen) atoms. The van der Waals surface area contributed by atoms with Crippen LogP contribution in [0, 0.1) is 11.3 Å². The number of aromatic carboxylic acids is 1. The molecule has 2 saturated heterocycles. The van der Waals surface area contributed by atoms with Crippen LogP contribution < -0.4 is 9.80 Å². The molecule has 4 heterocycles. The van der Waals surface area contributed by atoms with Crippen LogP contribution in [0.3, 0.4) is 0 Å². The summed E-state index contributed by atoms with van der Waals surface area (Å²) in [6.07, 6.45) is 5.48. The number of piperazine rings is 2.